The molecule has 1 aromatic rings. The average molecular weight is 341 g/mol. The molecule has 1 saturated heterocycles. The Labute approximate surface area is 142 Å². The molecule has 0 spiro atoms. The highest BCUT2D eigenvalue weighted by Crippen LogP contribution is 2.22. The van der Waals surface area contributed by atoms with Gasteiger partial charge in [0.15, 0.2) is 0 Å². The van der Waals surface area contributed by atoms with Crippen molar-refractivity contribution >= 4 is 23.6 Å². The minimum Gasteiger partial charge on any atom is -0.444 e. The third-order valence-corrected chi connectivity index (χ3v) is 4.19. The molecule has 0 bridgehead atoms. The van der Waals surface area contributed by atoms with E-state index in [2.05, 4.69) is 14.9 Å². The van der Waals surface area contributed by atoms with Gasteiger partial charge in [0.2, 0.25) is 5.95 Å². The molecule has 128 valence electrons. The molecule has 1 aromatic heterocycles. The number of nitrogens with zero attached hydrogens (tertiary/aromatic N) is 4. The van der Waals surface area contributed by atoms with Gasteiger partial charge in [-0.15, -0.1) is 0 Å². The van der Waals surface area contributed by atoms with Gasteiger partial charge in [-0.05, 0) is 40.5 Å². The number of hydrogen-bond donors (Lipinski definition) is 0. The van der Waals surface area contributed by atoms with E-state index in [0.717, 1.165) is 24.9 Å². The number of rotatable bonds is 2. The molecule has 6 nitrogen and oxygen atoms in total. The maximum atomic E-state index is 12.2. The Morgan fingerprint density at radius 3 is 2.78 bits per heavy atom. The first-order valence-corrected chi connectivity index (χ1v) is 8.25. The van der Waals surface area contributed by atoms with Crippen LogP contribution in [0.1, 0.15) is 39.2 Å². The number of carbonyl (C=O) groups excluding carboxylic acids is 1. The minimum absolute atomic E-state index is 0.0716. The fraction of sp³-hybridized carbons (Fsp3) is 0.688. The Bertz CT molecular complexity index is 574. The van der Waals surface area contributed by atoms with Gasteiger partial charge in [-0.25, -0.2) is 14.8 Å². The highest BCUT2D eigenvalue weighted by Gasteiger charge is 2.30. The number of aromatic nitrogens is 2. The van der Waals surface area contributed by atoms with Gasteiger partial charge < -0.3 is 14.5 Å². The number of anilines is 1. The molecule has 23 heavy (non-hydrogen) atoms. The zero-order valence-corrected chi connectivity index (χ0v) is 15.2. The van der Waals surface area contributed by atoms with Crippen LogP contribution in [0.2, 0.25) is 5.15 Å². The van der Waals surface area contributed by atoms with Crippen LogP contribution >= 0.6 is 11.6 Å². The van der Waals surface area contributed by atoms with Gasteiger partial charge in [-0.1, -0.05) is 11.6 Å². The van der Waals surface area contributed by atoms with Crippen molar-refractivity contribution in [3.8, 4) is 0 Å². The monoisotopic (exact) mass is 340 g/mol. The molecule has 1 fully saturated rings. The predicted molar refractivity (Wildman–Crippen MR) is 91.0 cm³/mol. The van der Waals surface area contributed by atoms with Gasteiger partial charge in [-0.3, -0.25) is 0 Å². The number of ether oxygens (including phenoxy) is 1. The van der Waals surface area contributed by atoms with Gasteiger partial charge in [0.05, 0.1) is 6.04 Å². The Morgan fingerprint density at radius 2 is 2.17 bits per heavy atom. The van der Waals surface area contributed by atoms with Crippen molar-refractivity contribution in [1.29, 1.82) is 0 Å². The number of halogens is 1. The summed E-state index contributed by atoms with van der Waals surface area (Å²) in [6.45, 7) is 9.02. The third kappa shape index (κ3) is 4.70. The molecule has 0 aromatic carbocycles. The Balaban J connectivity index is 2.05. The summed E-state index contributed by atoms with van der Waals surface area (Å²) < 4.78 is 5.44. The second kappa shape index (κ2) is 6.91. The van der Waals surface area contributed by atoms with Crippen LogP contribution in [0, 0.1) is 6.92 Å². The van der Waals surface area contributed by atoms with Gasteiger partial charge in [0.25, 0.3) is 0 Å². The van der Waals surface area contributed by atoms with Crippen molar-refractivity contribution in [3.63, 3.8) is 0 Å². The van der Waals surface area contributed by atoms with Crippen LogP contribution in [-0.4, -0.2) is 52.7 Å². The smallest absolute Gasteiger partial charge is 0.410 e. The summed E-state index contributed by atoms with van der Waals surface area (Å²) in [5.41, 5.74) is 0.364. The maximum Gasteiger partial charge on any atom is 0.410 e. The number of carbonyl (C=O) groups is 1. The second-order valence-corrected chi connectivity index (χ2v) is 7.34. The largest absolute Gasteiger partial charge is 0.444 e. The Kier molecular flexibility index (Phi) is 5.34. The van der Waals surface area contributed by atoms with Crippen molar-refractivity contribution in [2.24, 2.45) is 0 Å². The number of aryl methyl sites for hydroxylation is 1. The van der Waals surface area contributed by atoms with E-state index in [1.165, 1.54) is 0 Å². The second-order valence-electron chi connectivity index (χ2n) is 6.98. The molecule has 1 unspecified atom stereocenters. The summed E-state index contributed by atoms with van der Waals surface area (Å²) in [6.07, 6.45) is 3.33. The lowest BCUT2D eigenvalue weighted by Crippen LogP contribution is -2.50. The number of hydrogen-bond acceptors (Lipinski definition) is 5. The van der Waals surface area contributed by atoms with Crippen molar-refractivity contribution in [2.75, 3.05) is 25.0 Å². The summed E-state index contributed by atoms with van der Waals surface area (Å²) in [5, 5.41) is 0.470. The van der Waals surface area contributed by atoms with Gasteiger partial charge in [0.1, 0.15) is 10.8 Å². The lowest BCUT2D eigenvalue weighted by molar-refractivity contribution is 0.0209. The van der Waals surface area contributed by atoms with E-state index >= 15 is 0 Å². The molecule has 1 atom stereocenters. The predicted octanol–water partition coefficient (Wildman–Crippen LogP) is 3.27. The molecular formula is C16H25ClN4O2. The summed E-state index contributed by atoms with van der Waals surface area (Å²) in [4.78, 5) is 24.7. The van der Waals surface area contributed by atoms with Crippen molar-refractivity contribution < 1.29 is 9.53 Å². The highest BCUT2D eigenvalue weighted by atomic mass is 35.5. The normalized spacial score (nSPS) is 18.7. The summed E-state index contributed by atoms with van der Waals surface area (Å²) in [6, 6.07) is 0.0716. The molecule has 2 rings (SSSR count). The lowest BCUT2D eigenvalue weighted by Gasteiger charge is -2.38. The van der Waals surface area contributed by atoms with Gasteiger partial charge >= 0.3 is 6.09 Å². The molecule has 0 radical (unpaired) electrons. The molecule has 1 amide bonds. The Morgan fingerprint density at radius 1 is 1.48 bits per heavy atom. The zero-order chi connectivity index (χ0) is 17.2. The first-order chi connectivity index (χ1) is 10.7. The van der Waals surface area contributed by atoms with Crippen molar-refractivity contribution in [3.05, 3.63) is 16.9 Å². The van der Waals surface area contributed by atoms with E-state index in [4.69, 9.17) is 16.3 Å². The standard InChI is InChI=1S/C16H25ClN4O2/c1-11-9-18-14(19-13(11)17)21-8-6-7-12(10-21)20(5)15(22)23-16(2,3)4/h9,12H,6-8,10H2,1-5H3. The van der Waals surface area contributed by atoms with Crippen LogP contribution in [0.3, 0.4) is 0 Å². The van der Waals surface area contributed by atoms with E-state index in [1.54, 1.807) is 18.1 Å². The first-order valence-electron chi connectivity index (χ1n) is 7.87. The van der Waals surface area contributed by atoms with Crippen LogP contribution in [-0.2, 0) is 4.74 Å². The number of likely N-dealkylation sites (N-methyl/N-ethyl adjacent to an activating group) is 1. The average Bonchev–Trinajstić information content (AvgIpc) is 2.47. The molecule has 1 aliphatic heterocycles. The topological polar surface area (TPSA) is 58.6 Å². The van der Waals surface area contributed by atoms with Gasteiger partial charge in [0, 0.05) is 31.9 Å². The van der Waals surface area contributed by atoms with Crippen molar-refractivity contribution in [2.45, 2.75) is 52.2 Å². The van der Waals surface area contributed by atoms with Crippen LogP contribution in [0.15, 0.2) is 6.20 Å². The zero-order valence-electron chi connectivity index (χ0n) is 14.5. The fourth-order valence-corrected chi connectivity index (χ4v) is 2.62. The molecular weight excluding hydrogens is 316 g/mol. The van der Waals surface area contributed by atoms with Gasteiger partial charge in [-0.2, -0.15) is 0 Å². The first kappa shape index (κ1) is 17.8. The summed E-state index contributed by atoms with van der Waals surface area (Å²) in [5.74, 6) is 0.614. The molecule has 7 heteroatoms. The molecule has 1 aliphatic rings. The lowest BCUT2D eigenvalue weighted by atomic mass is 10.1. The number of piperidine rings is 1. The van der Waals surface area contributed by atoms with E-state index in [1.807, 2.05) is 27.7 Å². The third-order valence-electron chi connectivity index (χ3n) is 3.81. The molecule has 0 aliphatic carbocycles. The van der Waals surface area contributed by atoms with E-state index in [-0.39, 0.29) is 12.1 Å². The summed E-state index contributed by atoms with van der Waals surface area (Å²) in [7, 11) is 1.78. The quantitative estimate of drug-likeness (QED) is 0.773. The fourth-order valence-electron chi connectivity index (χ4n) is 2.50. The van der Waals surface area contributed by atoms with Crippen LogP contribution in [0.5, 0.6) is 0 Å². The SMILES string of the molecule is Cc1cnc(N2CCCC(N(C)C(=O)OC(C)(C)C)C2)nc1Cl. The van der Waals surface area contributed by atoms with Crippen LogP contribution in [0.4, 0.5) is 10.7 Å². The van der Waals surface area contributed by atoms with Crippen LogP contribution < -0.4 is 4.90 Å². The summed E-state index contributed by atoms with van der Waals surface area (Å²) >= 11 is 6.09. The Hall–Kier alpha value is -1.56. The molecule has 2 heterocycles. The van der Waals surface area contributed by atoms with E-state index < -0.39 is 5.60 Å². The van der Waals surface area contributed by atoms with E-state index in [0.29, 0.717) is 17.6 Å². The number of amides is 1. The maximum absolute atomic E-state index is 12.2. The van der Waals surface area contributed by atoms with Crippen molar-refractivity contribution in [1.82, 2.24) is 14.9 Å². The van der Waals surface area contributed by atoms with E-state index in [9.17, 15) is 4.79 Å². The molecule has 0 saturated carbocycles. The highest BCUT2D eigenvalue weighted by molar-refractivity contribution is 6.30. The minimum atomic E-state index is -0.493. The molecule has 0 N–H and O–H groups in total. The van der Waals surface area contributed by atoms with Crippen LogP contribution in [0.25, 0.3) is 0 Å².